The summed E-state index contributed by atoms with van der Waals surface area (Å²) in [6.07, 6.45) is 2.04. The van der Waals surface area contributed by atoms with Gasteiger partial charge in [0, 0.05) is 5.56 Å². The van der Waals surface area contributed by atoms with Gasteiger partial charge in [-0.25, -0.2) is 0 Å². The highest BCUT2D eigenvalue weighted by Gasteiger charge is 2.27. The van der Waals surface area contributed by atoms with Crippen LogP contribution in [0.25, 0.3) is 0 Å². The molecule has 0 aliphatic rings. The number of hydrogen-bond donors (Lipinski definition) is 0. The van der Waals surface area contributed by atoms with Gasteiger partial charge in [0.05, 0.1) is 11.1 Å². The van der Waals surface area contributed by atoms with Crippen LogP contribution in [0.4, 0.5) is 0 Å². The SMILES string of the molecule is CCC(C)(C)c1ccc(Oc2ccc(C#N)c(C#N)c2)c(C(C)(C)CC)c1. The van der Waals surface area contributed by atoms with Crippen LogP contribution in [0.2, 0.25) is 0 Å². The van der Waals surface area contributed by atoms with Crippen LogP contribution < -0.4 is 4.74 Å². The predicted molar refractivity (Wildman–Crippen MR) is 109 cm³/mol. The molecule has 0 spiro atoms. The summed E-state index contributed by atoms with van der Waals surface area (Å²) in [5.74, 6) is 1.37. The van der Waals surface area contributed by atoms with E-state index in [0.717, 1.165) is 24.2 Å². The Morgan fingerprint density at radius 3 is 2.00 bits per heavy atom. The Morgan fingerprint density at radius 2 is 1.44 bits per heavy atom. The van der Waals surface area contributed by atoms with Crippen molar-refractivity contribution in [2.45, 2.75) is 65.2 Å². The van der Waals surface area contributed by atoms with Crippen LogP contribution in [0, 0.1) is 22.7 Å². The van der Waals surface area contributed by atoms with E-state index in [0.29, 0.717) is 16.9 Å². The van der Waals surface area contributed by atoms with E-state index >= 15 is 0 Å². The van der Waals surface area contributed by atoms with Crippen LogP contribution >= 0.6 is 0 Å². The first-order chi connectivity index (χ1) is 12.7. The van der Waals surface area contributed by atoms with E-state index in [1.807, 2.05) is 12.1 Å². The first-order valence-corrected chi connectivity index (χ1v) is 9.45. The molecule has 0 heterocycles. The number of rotatable bonds is 6. The number of nitrogens with zero attached hydrogens (tertiary/aromatic N) is 2. The van der Waals surface area contributed by atoms with Crippen molar-refractivity contribution in [3.05, 3.63) is 58.7 Å². The maximum absolute atomic E-state index is 9.26. The van der Waals surface area contributed by atoms with E-state index in [1.165, 1.54) is 5.56 Å². The largest absolute Gasteiger partial charge is 0.457 e. The standard InChI is InChI=1S/C24H28N2O/c1-7-23(3,4)19-10-12-22(21(14-19)24(5,6)8-2)27-20-11-9-17(15-25)18(13-20)16-26/h9-14H,7-8H2,1-6H3. The van der Waals surface area contributed by atoms with Crippen LogP contribution in [0.5, 0.6) is 11.5 Å². The summed E-state index contributed by atoms with van der Waals surface area (Å²) in [6, 6.07) is 15.5. The van der Waals surface area contributed by atoms with Crippen molar-refractivity contribution in [1.29, 1.82) is 10.5 Å². The van der Waals surface area contributed by atoms with E-state index in [4.69, 9.17) is 10.00 Å². The summed E-state index contributed by atoms with van der Waals surface area (Å²) in [7, 11) is 0. The minimum Gasteiger partial charge on any atom is -0.457 e. The molecule has 2 aromatic rings. The van der Waals surface area contributed by atoms with E-state index in [9.17, 15) is 5.26 Å². The molecule has 3 nitrogen and oxygen atoms in total. The first-order valence-electron chi connectivity index (χ1n) is 9.45. The van der Waals surface area contributed by atoms with E-state index in [1.54, 1.807) is 18.2 Å². The Bertz CT molecular complexity index is 911. The molecule has 0 radical (unpaired) electrons. The Morgan fingerprint density at radius 1 is 0.815 bits per heavy atom. The third kappa shape index (κ3) is 4.32. The fourth-order valence-corrected chi connectivity index (χ4v) is 2.87. The average Bonchev–Trinajstić information content (AvgIpc) is 2.67. The Kier molecular flexibility index (Phi) is 5.97. The lowest BCUT2D eigenvalue weighted by Crippen LogP contribution is -2.20. The summed E-state index contributed by atoms with van der Waals surface area (Å²) in [5.41, 5.74) is 3.20. The van der Waals surface area contributed by atoms with Crippen molar-refractivity contribution in [1.82, 2.24) is 0 Å². The highest BCUT2D eigenvalue weighted by Crippen LogP contribution is 2.40. The maximum Gasteiger partial charge on any atom is 0.131 e. The maximum atomic E-state index is 9.26. The normalized spacial score (nSPS) is 11.6. The second-order valence-electron chi connectivity index (χ2n) is 8.22. The molecule has 3 heteroatoms. The molecule has 0 bridgehead atoms. The minimum atomic E-state index is -0.0418. The van der Waals surface area contributed by atoms with Gasteiger partial charge in [-0.1, -0.05) is 53.7 Å². The average molecular weight is 361 g/mol. The third-order valence-corrected chi connectivity index (χ3v) is 5.72. The van der Waals surface area contributed by atoms with Crippen molar-refractivity contribution < 1.29 is 4.74 Å². The van der Waals surface area contributed by atoms with Crippen LogP contribution in [0.15, 0.2) is 36.4 Å². The Hall–Kier alpha value is -2.78. The second kappa shape index (κ2) is 7.85. The smallest absolute Gasteiger partial charge is 0.131 e. The summed E-state index contributed by atoms with van der Waals surface area (Å²) in [5, 5.41) is 18.4. The zero-order chi connectivity index (χ0) is 20.2. The van der Waals surface area contributed by atoms with Gasteiger partial charge in [-0.2, -0.15) is 10.5 Å². The number of benzene rings is 2. The zero-order valence-electron chi connectivity index (χ0n) is 17.2. The Balaban J connectivity index is 2.54. The molecular weight excluding hydrogens is 332 g/mol. The molecule has 0 aliphatic carbocycles. The molecule has 0 saturated carbocycles. The lowest BCUT2D eigenvalue weighted by Gasteiger charge is -2.30. The molecule has 0 aromatic heterocycles. The van der Waals surface area contributed by atoms with Crippen LogP contribution in [0.1, 0.15) is 76.6 Å². The van der Waals surface area contributed by atoms with Crippen LogP contribution in [-0.2, 0) is 10.8 Å². The molecule has 2 aromatic carbocycles. The van der Waals surface area contributed by atoms with Gasteiger partial charge < -0.3 is 4.74 Å². The van der Waals surface area contributed by atoms with E-state index < -0.39 is 0 Å². The van der Waals surface area contributed by atoms with Crippen molar-refractivity contribution in [2.75, 3.05) is 0 Å². The number of hydrogen-bond acceptors (Lipinski definition) is 3. The first kappa shape index (κ1) is 20.5. The van der Waals surface area contributed by atoms with E-state index in [2.05, 4.69) is 59.7 Å². The molecule has 0 unspecified atom stereocenters. The number of ether oxygens (including phenoxy) is 1. The summed E-state index contributed by atoms with van der Waals surface area (Å²) >= 11 is 0. The monoisotopic (exact) mass is 360 g/mol. The van der Waals surface area contributed by atoms with Crippen molar-refractivity contribution in [3.63, 3.8) is 0 Å². The van der Waals surface area contributed by atoms with Gasteiger partial charge >= 0.3 is 0 Å². The molecule has 0 fully saturated rings. The molecule has 27 heavy (non-hydrogen) atoms. The quantitative estimate of drug-likeness (QED) is 0.583. The van der Waals surface area contributed by atoms with Crippen molar-refractivity contribution >= 4 is 0 Å². The van der Waals surface area contributed by atoms with Gasteiger partial charge in [-0.05, 0) is 53.5 Å². The fraction of sp³-hybridized carbons (Fsp3) is 0.417. The fourth-order valence-electron chi connectivity index (χ4n) is 2.87. The molecule has 2 rings (SSSR count). The highest BCUT2D eigenvalue weighted by atomic mass is 16.5. The second-order valence-corrected chi connectivity index (χ2v) is 8.22. The third-order valence-electron chi connectivity index (χ3n) is 5.72. The molecule has 0 atom stereocenters. The van der Waals surface area contributed by atoms with Crippen molar-refractivity contribution in [2.24, 2.45) is 0 Å². The zero-order valence-corrected chi connectivity index (χ0v) is 17.2. The van der Waals surface area contributed by atoms with Crippen LogP contribution in [-0.4, -0.2) is 0 Å². The van der Waals surface area contributed by atoms with Gasteiger partial charge in [0.1, 0.15) is 23.6 Å². The predicted octanol–water partition coefficient (Wildman–Crippen LogP) is 6.60. The highest BCUT2D eigenvalue weighted by molar-refractivity contribution is 5.51. The van der Waals surface area contributed by atoms with Gasteiger partial charge in [-0.15, -0.1) is 0 Å². The lowest BCUT2D eigenvalue weighted by atomic mass is 9.76. The molecular formula is C24H28N2O. The lowest BCUT2D eigenvalue weighted by molar-refractivity contribution is 0.432. The number of nitriles is 2. The van der Waals surface area contributed by atoms with Gasteiger partial charge in [0.25, 0.3) is 0 Å². The Labute approximate surface area is 163 Å². The molecule has 0 N–H and O–H groups in total. The molecule has 140 valence electrons. The molecule has 0 saturated heterocycles. The molecule has 0 aliphatic heterocycles. The van der Waals surface area contributed by atoms with E-state index in [-0.39, 0.29) is 10.8 Å². The summed E-state index contributed by atoms with van der Waals surface area (Å²) < 4.78 is 6.18. The van der Waals surface area contributed by atoms with Crippen LogP contribution in [0.3, 0.4) is 0 Å². The van der Waals surface area contributed by atoms with Gasteiger partial charge in [0.15, 0.2) is 0 Å². The van der Waals surface area contributed by atoms with Gasteiger partial charge in [0.2, 0.25) is 0 Å². The van der Waals surface area contributed by atoms with Gasteiger partial charge in [-0.3, -0.25) is 0 Å². The molecule has 0 amide bonds. The summed E-state index contributed by atoms with van der Waals surface area (Å²) in [6.45, 7) is 13.3. The summed E-state index contributed by atoms with van der Waals surface area (Å²) in [4.78, 5) is 0. The topological polar surface area (TPSA) is 56.8 Å². The minimum absolute atomic E-state index is 0.0418. The van der Waals surface area contributed by atoms with Crippen molar-refractivity contribution in [3.8, 4) is 23.6 Å².